The minimum atomic E-state index is -0.714. The maximum absolute atomic E-state index is 12.0. The number of benzene rings is 1. The van der Waals surface area contributed by atoms with Gasteiger partial charge in [-0.05, 0) is 11.1 Å². The number of esters is 1. The predicted octanol–water partition coefficient (Wildman–Crippen LogP) is 3.34. The molecule has 1 fully saturated rings. The summed E-state index contributed by atoms with van der Waals surface area (Å²) in [6.45, 7) is 7.79. The van der Waals surface area contributed by atoms with Crippen molar-refractivity contribution in [1.82, 2.24) is 0 Å². The first-order chi connectivity index (χ1) is 9.25. The lowest BCUT2D eigenvalue weighted by Crippen LogP contribution is -2.53. The zero-order valence-corrected chi connectivity index (χ0v) is 10.7. The lowest BCUT2D eigenvalue weighted by Gasteiger charge is -2.40. The van der Waals surface area contributed by atoms with Crippen LogP contribution in [-0.4, -0.2) is 12.6 Å². The van der Waals surface area contributed by atoms with Gasteiger partial charge in [0.2, 0.25) is 0 Å². The summed E-state index contributed by atoms with van der Waals surface area (Å²) in [6, 6.07) is 9.64. The molecule has 0 spiro atoms. The highest BCUT2D eigenvalue weighted by atomic mass is 16.6. The third-order valence-electron chi connectivity index (χ3n) is 3.27. The van der Waals surface area contributed by atoms with Crippen molar-refractivity contribution in [2.45, 2.75) is 5.41 Å². The Morgan fingerprint density at radius 2 is 1.95 bits per heavy atom. The fraction of sp³-hybridized carbons (Fsp3) is 0.118. The van der Waals surface area contributed by atoms with E-state index in [0.29, 0.717) is 6.61 Å². The molecular formula is C17H16O2. The topological polar surface area (TPSA) is 26.3 Å². The highest BCUT2D eigenvalue weighted by Crippen LogP contribution is 2.41. The van der Waals surface area contributed by atoms with Gasteiger partial charge in [0, 0.05) is 0 Å². The highest BCUT2D eigenvalue weighted by molar-refractivity contribution is 5.93. The fourth-order valence-corrected chi connectivity index (χ4v) is 2.19. The predicted molar refractivity (Wildman–Crippen MR) is 76.7 cm³/mol. The number of carbonyl (C=O) groups excluding carboxylic acids is 1. The van der Waals surface area contributed by atoms with E-state index in [4.69, 9.17) is 4.74 Å². The van der Waals surface area contributed by atoms with E-state index in [1.807, 2.05) is 48.6 Å². The van der Waals surface area contributed by atoms with E-state index in [9.17, 15) is 4.79 Å². The van der Waals surface area contributed by atoms with E-state index in [2.05, 4.69) is 13.2 Å². The molecule has 0 N–H and O–H groups in total. The Bertz CT molecular complexity index is 552. The van der Waals surface area contributed by atoms with Crippen LogP contribution in [0.5, 0.6) is 0 Å². The first-order valence-electron chi connectivity index (χ1n) is 6.11. The number of allylic oxidation sites excluding steroid dienone is 5. The van der Waals surface area contributed by atoms with Crippen molar-refractivity contribution < 1.29 is 9.53 Å². The van der Waals surface area contributed by atoms with Crippen molar-refractivity contribution in [3.63, 3.8) is 0 Å². The zero-order valence-electron chi connectivity index (χ0n) is 10.7. The van der Waals surface area contributed by atoms with Crippen LogP contribution in [0, 0.1) is 0 Å². The second-order valence-corrected chi connectivity index (χ2v) is 4.29. The molecular weight excluding hydrogens is 236 g/mol. The lowest BCUT2D eigenvalue weighted by atomic mass is 9.71. The Morgan fingerprint density at radius 3 is 2.42 bits per heavy atom. The fourth-order valence-electron chi connectivity index (χ4n) is 2.19. The lowest BCUT2D eigenvalue weighted by molar-refractivity contribution is -0.169. The third-order valence-corrected chi connectivity index (χ3v) is 3.27. The molecule has 1 saturated heterocycles. The molecule has 0 aromatic heterocycles. The number of rotatable bonds is 5. The van der Waals surface area contributed by atoms with Gasteiger partial charge in [-0.1, -0.05) is 73.9 Å². The molecule has 1 aromatic carbocycles. The van der Waals surface area contributed by atoms with E-state index >= 15 is 0 Å². The summed E-state index contributed by atoms with van der Waals surface area (Å²) in [4.78, 5) is 12.0. The Balaban J connectivity index is 2.48. The Kier molecular flexibility index (Phi) is 3.81. The van der Waals surface area contributed by atoms with Crippen LogP contribution in [0.3, 0.4) is 0 Å². The number of carbonyl (C=O) groups is 1. The van der Waals surface area contributed by atoms with Crippen LogP contribution in [0.1, 0.15) is 5.56 Å². The van der Waals surface area contributed by atoms with Crippen LogP contribution in [0.15, 0.2) is 79.4 Å². The Hall–Kier alpha value is -2.35. The van der Waals surface area contributed by atoms with Crippen LogP contribution in [0.25, 0.3) is 0 Å². The van der Waals surface area contributed by atoms with Gasteiger partial charge in [-0.15, -0.1) is 0 Å². The van der Waals surface area contributed by atoms with Gasteiger partial charge in [-0.3, -0.25) is 4.79 Å². The second-order valence-electron chi connectivity index (χ2n) is 4.29. The normalized spacial score (nSPS) is 22.7. The number of hydrogen-bond donors (Lipinski definition) is 0. The van der Waals surface area contributed by atoms with Gasteiger partial charge in [0.1, 0.15) is 6.61 Å². The minimum Gasteiger partial charge on any atom is -0.463 e. The molecule has 1 aliphatic heterocycles. The van der Waals surface area contributed by atoms with Gasteiger partial charge < -0.3 is 4.74 Å². The Labute approximate surface area is 113 Å². The minimum absolute atomic E-state index is 0.225. The summed E-state index contributed by atoms with van der Waals surface area (Å²) in [5.41, 5.74) is 1.06. The maximum Gasteiger partial charge on any atom is 0.324 e. The van der Waals surface area contributed by atoms with Gasteiger partial charge in [0.05, 0.1) is 0 Å². The molecule has 0 amide bonds. The van der Waals surface area contributed by atoms with Crippen LogP contribution in [-0.2, 0) is 14.9 Å². The SMILES string of the molecule is C=C/C=C\C=C(/C=C)C1(c2ccccc2)COC1=O. The van der Waals surface area contributed by atoms with Crippen LogP contribution in [0.4, 0.5) is 0 Å². The molecule has 1 aliphatic rings. The molecule has 96 valence electrons. The van der Waals surface area contributed by atoms with Crippen LogP contribution >= 0.6 is 0 Å². The summed E-state index contributed by atoms with van der Waals surface area (Å²) < 4.78 is 5.02. The monoisotopic (exact) mass is 252 g/mol. The molecule has 0 saturated carbocycles. The first-order valence-corrected chi connectivity index (χ1v) is 6.11. The quantitative estimate of drug-likeness (QED) is 0.593. The van der Waals surface area contributed by atoms with Gasteiger partial charge in [-0.2, -0.15) is 0 Å². The smallest absolute Gasteiger partial charge is 0.324 e. The zero-order chi connectivity index (χ0) is 13.7. The van der Waals surface area contributed by atoms with E-state index < -0.39 is 5.41 Å². The third kappa shape index (κ3) is 2.17. The first kappa shape index (κ1) is 13.1. The van der Waals surface area contributed by atoms with Crippen molar-refractivity contribution in [2.24, 2.45) is 0 Å². The highest BCUT2D eigenvalue weighted by Gasteiger charge is 2.52. The molecule has 2 rings (SSSR count). The molecule has 1 unspecified atom stereocenters. The van der Waals surface area contributed by atoms with Gasteiger partial charge in [0.25, 0.3) is 0 Å². The number of cyclic esters (lactones) is 1. The van der Waals surface area contributed by atoms with Crippen LogP contribution in [0.2, 0.25) is 0 Å². The van der Waals surface area contributed by atoms with Crippen molar-refractivity contribution in [2.75, 3.05) is 6.61 Å². The maximum atomic E-state index is 12.0. The summed E-state index contributed by atoms with van der Waals surface area (Å²) >= 11 is 0. The van der Waals surface area contributed by atoms with E-state index in [0.717, 1.165) is 11.1 Å². The second kappa shape index (κ2) is 5.53. The number of hydrogen-bond acceptors (Lipinski definition) is 2. The van der Waals surface area contributed by atoms with Gasteiger partial charge in [0.15, 0.2) is 5.41 Å². The van der Waals surface area contributed by atoms with Crippen LogP contribution < -0.4 is 0 Å². The molecule has 1 heterocycles. The Morgan fingerprint density at radius 1 is 1.21 bits per heavy atom. The summed E-state index contributed by atoms with van der Waals surface area (Å²) in [7, 11) is 0. The van der Waals surface area contributed by atoms with Gasteiger partial charge in [-0.25, -0.2) is 0 Å². The summed E-state index contributed by atoms with van der Waals surface area (Å²) in [6.07, 6.45) is 8.93. The molecule has 0 aliphatic carbocycles. The van der Waals surface area contributed by atoms with Crippen molar-refractivity contribution in [1.29, 1.82) is 0 Å². The summed E-state index contributed by atoms with van der Waals surface area (Å²) in [5.74, 6) is -0.225. The molecule has 2 heteroatoms. The standard InChI is InChI=1S/C17H16O2/c1-3-5-7-10-14(4-2)17(13-19-16(17)18)15-11-8-6-9-12-15/h3-12H,1-2,13H2/b7-5-,14-10+. The molecule has 0 bridgehead atoms. The average molecular weight is 252 g/mol. The molecule has 1 atom stereocenters. The molecule has 19 heavy (non-hydrogen) atoms. The van der Waals surface area contributed by atoms with Crippen molar-refractivity contribution in [3.8, 4) is 0 Å². The summed E-state index contributed by atoms with van der Waals surface area (Å²) in [5, 5.41) is 0. The van der Waals surface area contributed by atoms with Crippen molar-refractivity contribution >= 4 is 5.97 Å². The van der Waals surface area contributed by atoms with E-state index in [1.54, 1.807) is 12.2 Å². The van der Waals surface area contributed by atoms with E-state index in [-0.39, 0.29) is 5.97 Å². The average Bonchev–Trinajstić information content (AvgIpc) is 2.46. The van der Waals surface area contributed by atoms with E-state index in [1.165, 1.54) is 0 Å². The molecule has 1 aromatic rings. The molecule has 0 radical (unpaired) electrons. The van der Waals surface area contributed by atoms with Crippen molar-refractivity contribution in [3.05, 3.63) is 85.0 Å². The molecule has 2 nitrogen and oxygen atoms in total. The number of ether oxygens (including phenoxy) is 1. The largest absolute Gasteiger partial charge is 0.463 e. The van der Waals surface area contributed by atoms with Gasteiger partial charge >= 0.3 is 5.97 Å².